The minimum absolute atomic E-state index is 0.263. The Morgan fingerprint density at radius 3 is 2.54 bits per heavy atom. The number of aryl methyl sites for hydroxylation is 1. The van der Waals surface area contributed by atoms with Crippen LogP contribution in [0.1, 0.15) is 25.0 Å². The second kappa shape index (κ2) is 11.2. The largest absolute Gasteiger partial charge is 0.493 e. The molecule has 0 aliphatic heterocycles. The highest BCUT2D eigenvalue weighted by atomic mass is 16.5. The summed E-state index contributed by atoms with van der Waals surface area (Å²) in [6, 6.07) is 13.2. The number of carbonyl (C=O) groups excluding carboxylic acids is 1. The molecule has 0 radical (unpaired) electrons. The zero-order valence-electron chi connectivity index (χ0n) is 17.2. The summed E-state index contributed by atoms with van der Waals surface area (Å²) in [6.45, 7) is 10.1. The predicted molar refractivity (Wildman–Crippen MR) is 113 cm³/mol. The monoisotopic (exact) mass is 385 g/mol. The summed E-state index contributed by atoms with van der Waals surface area (Å²) < 4.78 is 11.3. The summed E-state index contributed by atoms with van der Waals surface area (Å²) in [6.07, 6.45) is 0. The van der Waals surface area contributed by atoms with Crippen LogP contribution in [0.2, 0.25) is 0 Å². The number of likely N-dealkylation sites (N-methyl/N-ethyl adjacent to an activating group) is 1. The Balaban J connectivity index is 1.92. The van der Waals surface area contributed by atoms with Gasteiger partial charge in [0.25, 0.3) is 0 Å². The molecule has 2 rings (SSSR count). The molecule has 0 saturated carbocycles. The number of carbonyl (C=O) groups is 1. The van der Waals surface area contributed by atoms with Crippen LogP contribution in [-0.2, 0) is 6.54 Å². The first kappa shape index (κ1) is 21.6. The zero-order chi connectivity index (χ0) is 20.4. The summed E-state index contributed by atoms with van der Waals surface area (Å²) in [5, 5.41) is 5.71. The topological polar surface area (TPSA) is 62.8 Å². The molecule has 6 nitrogen and oxygen atoms in total. The number of nitrogens with one attached hydrogen (secondary N) is 2. The lowest BCUT2D eigenvalue weighted by Gasteiger charge is -2.19. The summed E-state index contributed by atoms with van der Waals surface area (Å²) in [4.78, 5) is 14.5. The zero-order valence-corrected chi connectivity index (χ0v) is 17.2. The van der Waals surface area contributed by atoms with Gasteiger partial charge in [-0.1, -0.05) is 43.7 Å². The first-order valence-electron chi connectivity index (χ1n) is 9.69. The van der Waals surface area contributed by atoms with E-state index in [1.54, 1.807) is 25.3 Å². The number of methoxy groups -OCH3 is 1. The van der Waals surface area contributed by atoms with Crippen molar-refractivity contribution in [1.82, 2.24) is 10.2 Å². The summed E-state index contributed by atoms with van der Waals surface area (Å²) in [5.41, 5.74) is 2.88. The number of nitrogens with zero attached hydrogens (tertiary/aromatic N) is 1. The van der Waals surface area contributed by atoms with E-state index >= 15 is 0 Å². The third-order valence-corrected chi connectivity index (χ3v) is 4.52. The Morgan fingerprint density at radius 2 is 1.86 bits per heavy atom. The first-order chi connectivity index (χ1) is 13.5. The van der Waals surface area contributed by atoms with E-state index in [4.69, 9.17) is 9.47 Å². The smallest absolute Gasteiger partial charge is 0.319 e. The van der Waals surface area contributed by atoms with E-state index in [0.29, 0.717) is 30.3 Å². The molecule has 0 unspecified atom stereocenters. The number of rotatable bonds is 10. The van der Waals surface area contributed by atoms with E-state index in [1.807, 2.05) is 25.1 Å². The van der Waals surface area contributed by atoms with Crippen molar-refractivity contribution in [3.63, 3.8) is 0 Å². The van der Waals surface area contributed by atoms with Gasteiger partial charge in [0.05, 0.1) is 7.11 Å². The van der Waals surface area contributed by atoms with Crippen molar-refractivity contribution in [2.75, 3.05) is 38.7 Å². The van der Waals surface area contributed by atoms with Gasteiger partial charge in [0.15, 0.2) is 11.5 Å². The third kappa shape index (κ3) is 6.78. The molecular formula is C22H31N3O3. The summed E-state index contributed by atoms with van der Waals surface area (Å²) in [7, 11) is 1.61. The summed E-state index contributed by atoms with van der Waals surface area (Å²) in [5.74, 6) is 1.26. The van der Waals surface area contributed by atoms with Crippen LogP contribution in [0.25, 0.3) is 0 Å². The van der Waals surface area contributed by atoms with Gasteiger partial charge >= 0.3 is 6.03 Å². The van der Waals surface area contributed by atoms with Gasteiger partial charge in [0, 0.05) is 24.8 Å². The normalized spacial score (nSPS) is 10.6. The number of ether oxygens (including phenoxy) is 2. The second-order valence-corrected chi connectivity index (χ2v) is 6.54. The van der Waals surface area contributed by atoms with Gasteiger partial charge in [-0.25, -0.2) is 4.79 Å². The summed E-state index contributed by atoms with van der Waals surface area (Å²) >= 11 is 0. The van der Waals surface area contributed by atoms with Crippen molar-refractivity contribution in [2.45, 2.75) is 27.3 Å². The molecule has 2 aromatic rings. The van der Waals surface area contributed by atoms with E-state index in [2.05, 4.69) is 35.4 Å². The molecule has 0 aliphatic carbocycles. The molecule has 2 N–H and O–H groups in total. The molecule has 0 saturated heterocycles. The maximum Gasteiger partial charge on any atom is 0.319 e. The highest BCUT2D eigenvalue weighted by Gasteiger charge is 2.09. The van der Waals surface area contributed by atoms with E-state index in [0.717, 1.165) is 25.2 Å². The number of hydrogen-bond donors (Lipinski definition) is 2. The number of anilines is 1. The Morgan fingerprint density at radius 1 is 1.07 bits per heavy atom. The Labute approximate surface area is 167 Å². The van der Waals surface area contributed by atoms with Crippen molar-refractivity contribution in [3.8, 4) is 11.5 Å². The lowest BCUT2D eigenvalue weighted by Crippen LogP contribution is -2.28. The van der Waals surface area contributed by atoms with E-state index in [-0.39, 0.29) is 6.03 Å². The van der Waals surface area contributed by atoms with Gasteiger partial charge in [-0.2, -0.15) is 0 Å². The molecule has 152 valence electrons. The Kier molecular flexibility index (Phi) is 8.62. The van der Waals surface area contributed by atoms with Gasteiger partial charge in [0.2, 0.25) is 0 Å². The van der Waals surface area contributed by atoms with Crippen LogP contribution >= 0.6 is 0 Å². The number of hydrogen-bond acceptors (Lipinski definition) is 4. The molecule has 28 heavy (non-hydrogen) atoms. The van der Waals surface area contributed by atoms with E-state index in [9.17, 15) is 4.79 Å². The number of urea groups is 1. The van der Waals surface area contributed by atoms with E-state index < -0.39 is 0 Å². The molecule has 0 bridgehead atoms. The van der Waals surface area contributed by atoms with Crippen LogP contribution in [0, 0.1) is 6.92 Å². The Bertz CT molecular complexity index is 760. The number of benzene rings is 2. The predicted octanol–water partition coefficient (Wildman–Crippen LogP) is 4.05. The van der Waals surface area contributed by atoms with Crippen molar-refractivity contribution in [3.05, 3.63) is 53.6 Å². The van der Waals surface area contributed by atoms with Crippen molar-refractivity contribution in [2.24, 2.45) is 0 Å². The third-order valence-electron chi connectivity index (χ3n) is 4.52. The van der Waals surface area contributed by atoms with E-state index in [1.165, 1.54) is 5.56 Å². The maximum atomic E-state index is 12.2. The minimum atomic E-state index is -0.263. The van der Waals surface area contributed by atoms with Gasteiger partial charge < -0.3 is 25.0 Å². The maximum absolute atomic E-state index is 12.2. The average Bonchev–Trinajstić information content (AvgIpc) is 2.70. The van der Waals surface area contributed by atoms with Crippen LogP contribution in [0.15, 0.2) is 42.5 Å². The SMILES string of the molecule is CCN(CC)CCOc1cc(NC(=O)NCc2cccc(C)c2)ccc1OC. The fourth-order valence-corrected chi connectivity index (χ4v) is 2.87. The molecule has 2 amide bonds. The highest BCUT2D eigenvalue weighted by molar-refractivity contribution is 5.89. The fraction of sp³-hybridized carbons (Fsp3) is 0.409. The van der Waals surface area contributed by atoms with Gasteiger partial charge in [-0.05, 0) is 37.7 Å². The van der Waals surface area contributed by atoms with Crippen molar-refractivity contribution < 1.29 is 14.3 Å². The molecule has 0 atom stereocenters. The fourth-order valence-electron chi connectivity index (χ4n) is 2.87. The van der Waals surface area contributed by atoms with Crippen LogP contribution in [0.3, 0.4) is 0 Å². The van der Waals surface area contributed by atoms with Crippen LogP contribution in [0.4, 0.5) is 10.5 Å². The molecule has 6 heteroatoms. The highest BCUT2D eigenvalue weighted by Crippen LogP contribution is 2.30. The first-order valence-corrected chi connectivity index (χ1v) is 9.69. The van der Waals surface area contributed by atoms with Gasteiger partial charge in [-0.3, -0.25) is 0 Å². The van der Waals surface area contributed by atoms with Gasteiger partial charge in [0.1, 0.15) is 6.61 Å². The van der Waals surface area contributed by atoms with Crippen LogP contribution < -0.4 is 20.1 Å². The minimum Gasteiger partial charge on any atom is -0.493 e. The lowest BCUT2D eigenvalue weighted by atomic mass is 10.1. The number of amides is 2. The molecule has 0 fully saturated rings. The molecule has 0 aromatic heterocycles. The standard InChI is InChI=1S/C22H31N3O3/c1-5-25(6-2)12-13-28-21-15-19(10-11-20(21)27-4)24-22(26)23-16-18-9-7-8-17(3)14-18/h7-11,14-15H,5-6,12-13,16H2,1-4H3,(H2,23,24,26). The quantitative estimate of drug-likeness (QED) is 0.648. The van der Waals surface area contributed by atoms with Crippen LogP contribution in [-0.4, -0.2) is 44.3 Å². The average molecular weight is 386 g/mol. The lowest BCUT2D eigenvalue weighted by molar-refractivity contribution is 0.217. The van der Waals surface area contributed by atoms with Crippen molar-refractivity contribution in [1.29, 1.82) is 0 Å². The molecule has 0 aliphatic rings. The molecule has 0 heterocycles. The molecule has 0 spiro atoms. The Hall–Kier alpha value is -2.73. The molecule has 2 aromatic carbocycles. The van der Waals surface area contributed by atoms with Crippen LogP contribution in [0.5, 0.6) is 11.5 Å². The molecular weight excluding hydrogens is 354 g/mol. The second-order valence-electron chi connectivity index (χ2n) is 6.54. The van der Waals surface area contributed by atoms with Gasteiger partial charge in [-0.15, -0.1) is 0 Å². The van der Waals surface area contributed by atoms with Crippen molar-refractivity contribution >= 4 is 11.7 Å².